The van der Waals surface area contributed by atoms with Crippen molar-refractivity contribution in [3.63, 3.8) is 0 Å². The lowest BCUT2D eigenvalue weighted by molar-refractivity contribution is 0.569. The quantitative estimate of drug-likeness (QED) is 0.148. The highest BCUT2D eigenvalue weighted by molar-refractivity contribution is 6.13. The number of nitrogens with zero attached hydrogens (tertiary/aromatic N) is 1. The van der Waals surface area contributed by atoms with Gasteiger partial charge in [0.1, 0.15) is 11.2 Å². The number of hydrogen-bond donors (Lipinski definition) is 0. The third-order valence-electron chi connectivity index (χ3n) is 14.4. The summed E-state index contributed by atoms with van der Waals surface area (Å²) in [5.41, 5.74) is 17.0. The summed E-state index contributed by atoms with van der Waals surface area (Å²) in [6.45, 7) is 13.9. The molecule has 0 aliphatic rings. The number of furan rings is 1. The third kappa shape index (κ3) is 7.52. The maximum absolute atomic E-state index is 6.50. The van der Waals surface area contributed by atoms with E-state index in [1.165, 1.54) is 71.3 Å². The van der Waals surface area contributed by atoms with Crippen LogP contribution < -0.4 is 4.90 Å². The third-order valence-corrected chi connectivity index (χ3v) is 14.4. The van der Waals surface area contributed by atoms with E-state index in [4.69, 9.17) is 4.42 Å². The molecule has 70 heavy (non-hydrogen) atoms. The number of para-hydroxylation sites is 3. The van der Waals surface area contributed by atoms with E-state index < -0.39 is 0 Å². The minimum Gasteiger partial charge on any atom is -0.456 e. The van der Waals surface area contributed by atoms with Gasteiger partial charge in [-0.2, -0.15) is 0 Å². The first-order chi connectivity index (χ1) is 34.0. The van der Waals surface area contributed by atoms with Gasteiger partial charge in [0.15, 0.2) is 0 Å². The zero-order chi connectivity index (χ0) is 47.7. The zero-order valence-corrected chi connectivity index (χ0v) is 40.7. The van der Waals surface area contributed by atoms with Crippen molar-refractivity contribution in [1.29, 1.82) is 0 Å². The topological polar surface area (TPSA) is 16.4 Å². The molecule has 0 unspecified atom stereocenters. The highest BCUT2D eigenvalue weighted by Gasteiger charge is 2.25. The van der Waals surface area contributed by atoms with Gasteiger partial charge in [-0.1, -0.05) is 224 Å². The fraction of sp³-hybridized carbons (Fsp3) is 0.118. The Hall–Kier alpha value is -8.20. The number of benzene rings is 11. The predicted molar refractivity (Wildman–Crippen MR) is 300 cm³/mol. The fourth-order valence-electron chi connectivity index (χ4n) is 10.6. The van der Waals surface area contributed by atoms with Gasteiger partial charge < -0.3 is 9.32 Å². The highest BCUT2D eigenvalue weighted by Crippen LogP contribution is 2.48. The molecule has 0 N–H and O–H groups in total. The molecule has 12 aromatic rings. The van der Waals surface area contributed by atoms with E-state index in [0.29, 0.717) is 0 Å². The Morgan fingerprint density at radius 1 is 0.314 bits per heavy atom. The van der Waals surface area contributed by atoms with Crippen LogP contribution in [0, 0.1) is 0 Å². The van der Waals surface area contributed by atoms with Crippen molar-refractivity contribution in [2.75, 3.05) is 4.90 Å². The van der Waals surface area contributed by atoms with Crippen molar-refractivity contribution in [3.8, 4) is 44.5 Å². The lowest BCUT2D eigenvalue weighted by Crippen LogP contribution is -2.16. The molecule has 2 heteroatoms. The average Bonchev–Trinajstić information content (AvgIpc) is 3.76. The molecule has 0 atom stereocenters. The van der Waals surface area contributed by atoms with Crippen molar-refractivity contribution < 1.29 is 4.42 Å². The van der Waals surface area contributed by atoms with Gasteiger partial charge in [-0.15, -0.1) is 0 Å². The maximum Gasteiger partial charge on any atom is 0.136 e. The predicted octanol–water partition coefficient (Wildman–Crippen LogP) is 19.8. The molecule has 11 aromatic carbocycles. The molecular formula is C68H55NO. The van der Waals surface area contributed by atoms with E-state index >= 15 is 0 Å². The number of fused-ring (bicyclic) bond motifs is 7. The number of anilines is 3. The molecule has 2 nitrogen and oxygen atoms in total. The van der Waals surface area contributed by atoms with Crippen LogP contribution in [0.5, 0.6) is 0 Å². The summed E-state index contributed by atoms with van der Waals surface area (Å²) >= 11 is 0. The van der Waals surface area contributed by atoms with Crippen molar-refractivity contribution in [1.82, 2.24) is 0 Å². The Bertz CT molecular complexity index is 3930. The van der Waals surface area contributed by atoms with Crippen molar-refractivity contribution in [2.45, 2.75) is 52.4 Å². The van der Waals surface area contributed by atoms with E-state index in [2.05, 4.69) is 265 Å². The van der Waals surface area contributed by atoms with E-state index in [0.717, 1.165) is 55.7 Å². The summed E-state index contributed by atoms with van der Waals surface area (Å²) in [6, 6.07) is 82.7. The minimum atomic E-state index is -0.0175. The first-order valence-electron chi connectivity index (χ1n) is 24.6. The minimum absolute atomic E-state index is 0.0175. The fourth-order valence-corrected chi connectivity index (χ4v) is 10.6. The largest absolute Gasteiger partial charge is 0.456 e. The van der Waals surface area contributed by atoms with Gasteiger partial charge in [0.05, 0.1) is 11.4 Å². The highest BCUT2D eigenvalue weighted by atomic mass is 16.3. The first kappa shape index (κ1) is 43.1. The van der Waals surface area contributed by atoms with Crippen LogP contribution in [0.3, 0.4) is 0 Å². The summed E-state index contributed by atoms with van der Waals surface area (Å²) in [5, 5.41) is 9.73. The Balaban J connectivity index is 1.07. The zero-order valence-electron chi connectivity index (χ0n) is 40.7. The molecule has 338 valence electrons. The second kappa shape index (κ2) is 16.8. The Morgan fingerprint density at radius 3 is 1.59 bits per heavy atom. The van der Waals surface area contributed by atoms with Crippen LogP contribution in [-0.2, 0) is 10.8 Å². The lowest BCUT2D eigenvalue weighted by Gasteiger charge is -2.30. The first-order valence-corrected chi connectivity index (χ1v) is 24.6. The Kier molecular flexibility index (Phi) is 10.3. The summed E-state index contributed by atoms with van der Waals surface area (Å²) in [5.74, 6) is 0. The number of rotatable bonds is 7. The molecule has 0 saturated carbocycles. The molecule has 0 amide bonds. The van der Waals surface area contributed by atoms with E-state index in [-0.39, 0.29) is 10.8 Å². The van der Waals surface area contributed by atoms with Gasteiger partial charge in [-0.3, -0.25) is 0 Å². The SMILES string of the molecule is CC(C)(C)c1cc(-c2cccc3cccc(-c4ccccc4N(c4ccc(-c5cccc6c5ccc5ccccc56)cc4)c4ccccc4-c4ccc5c(c4)oc4ccccc45)c23)cc(C(C)(C)C)c1. The molecule has 0 saturated heterocycles. The van der Waals surface area contributed by atoms with Gasteiger partial charge in [0.25, 0.3) is 0 Å². The standard InChI is InChI=1S/C68H55NO/c1-67(2,3)49-40-48(41-50(43-49)68(4,5)6)55-26-15-19-46-20-16-28-61(66(46)55)58-23-10-13-30-63(58)69(62-29-12-9-22-54(62)47-35-39-60-59-24-11-14-31-64(59)70-65(60)42-47)51-36-32-45(33-37-51)53-25-17-27-56-52-21-8-7-18-44(52)34-38-57(53)56/h7-43H,1-6H3. The van der Waals surface area contributed by atoms with Crippen molar-refractivity contribution in [3.05, 3.63) is 236 Å². The van der Waals surface area contributed by atoms with E-state index in [1.54, 1.807) is 0 Å². The molecule has 0 aliphatic heterocycles. The van der Waals surface area contributed by atoms with Gasteiger partial charge >= 0.3 is 0 Å². The van der Waals surface area contributed by atoms with E-state index in [9.17, 15) is 0 Å². The van der Waals surface area contributed by atoms with Gasteiger partial charge in [-0.05, 0) is 130 Å². The number of hydrogen-bond acceptors (Lipinski definition) is 2. The van der Waals surface area contributed by atoms with Gasteiger partial charge in [0, 0.05) is 27.6 Å². The second-order valence-electron chi connectivity index (χ2n) is 20.9. The van der Waals surface area contributed by atoms with Crippen LogP contribution in [0.4, 0.5) is 17.1 Å². The summed E-state index contributed by atoms with van der Waals surface area (Å²) in [6.07, 6.45) is 0. The lowest BCUT2D eigenvalue weighted by atomic mass is 9.78. The molecule has 0 radical (unpaired) electrons. The Morgan fingerprint density at radius 2 is 0.843 bits per heavy atom. The summed E-state index contributed by atoms with van der Waals surface area (Å²) in [4.78, 5) is 2.47. The summed E-state index contributed by atoms with van der Waals surface area (Å²) in [7, 11) is 0. The summed E-state index contributed by atoms with van der Waals surface area (Å²) < 4.78 is 6.50. The van der Waals surface area contributed by atoms with Crippen LogP contribution in [-0.4, -0.2) is 0 Å². The van der Waals surface area contributed by atoms with Gasteiger partial charge in [0.2, 0.25) is 0 Å². The molecule has 1 heterocycles. The van der Waals surface area contributed by atoms with Crippen molar-refractivity contribution >= 4 is 71.3 Å². The molecule has 0 bridgehead atoms. The smallest absolute Gasteiger partial charge is 0.136 e. The van der Waals surface area contributed by atoms with E-state index in [1.807, 2.05) is 6.07 Å². The molecule has 1 aromatic heterocycles. The molecule has 0 fully saturated rings. The maximum atomic E-state index is 6.50. The monoisotopic (exact) mass is 901 g/mol. The Labute approximate surface area is 411 Å². The van der Waals surface area contributed by atoms with Crippen LogP contribution in [0.15, 0.2) is 229 Å². The van der Waals surface area contributed by atoms with Crippen LogP contribution >= 0.6 is 0 Å². The molecular weight excluding hydrogens is 847 g/mol. The molecule has 0 spiro atoms. The second-order valence-corrected chi connectivity index (χ2v) is 20.9. The van der Waals surface area contributed by atoms with Crippen LogP contribution in [0.2, 0.25) is 0 Å². The van der Waals surface area contributed by atoms with Gasteiger partial charge in [-0.25, -0.2) is 0 Å². The van der Waals surface area contributed by atoms with Crippen LogP contribution in [0.25, 0.3) is 98.8 Å². The molecule has 12 rings (SSSR count). The normalized spacial score (nSPS) is 12.1. The van der Waals surface area contributed by atoms with Crippen LogP contribution in [0.1, 0.15) is 52.7 Å². The average molecular weight is 902 g/mol. The van der Waals surface area contributed by atoms with Crippen molar-refractivity contribution in [2.24, 2.45) is 0 Å². The molecule has 0 aliphatic carbocycles.